The van der Waals surface area contributed by atoms with Crippen LogP contribution in [0.15, 0.2) is 48.7 Å². The zero-order chi connectivity index (χ0) is 16.2. The number of hydrogen-bond donors (Lipinski definition) is 2. The summed E-state index contributed by atoms with van der Waals surface area (Å²) < 4.78 is 13.2. The topological polar surface area (TPSA) is 62.7 Å². The fourth-order valence-corrected chi connectivity index (χ4v) is 2.20. The van der Waals surface area contributed by atoms with Gasteiger partial charge < -0.3 is 10.6 Å². The summed E-state index contributed by atoms with van der Waals surface area (Å²) in [6, 6.07) is 11.2. The first-order valence-electron chi connectivity index (χ1n) is 6.55. The predicted octanol–water partition coefficient (Wildman–Crippen LogP) is 4.80. The monoisotopic (exact) mass is 349 g/mol. The quantitative estimate of drug-likeness (QED) is 0.707. The molecule has 0 aliphatic rings. The van der Waals surface area contributed by atoms with Crippen molar-refractivity contribution in [3.8, 4) is 0 Å². The third-order valence-electron chi connectivity index (χ3n) is 2.85. The minimum Gasteiger partial charge on any atom is -0.338 e. The Balaban J connectivity index is 1.81. The Bertz CT molecular complexity index is 844. The first-order chi connectivity index (χ1) is 11.1. The molecule has 0 saturated heterocycles. The predicted molar refractivity (Wildman–Crippen MR) is 89.3 cm³/mol. The Morgan fingerprint density at radius 3 is 2.65 bits per heavy atom. The smallest absolute Gasteiger partial charge is 0.249 e. The fraction of sp³-hybridized carbons (Fsp3) is 0. The van der Waals surface area contributed by atoms with Crippen LogP contribution in [0.4, 0.5) is 27.5 Å². The van der Waals surface area contributed by atoms with Gasteiger partial charge in [-0.2, -0.15) is 10.1 Å². The van der Waals surface area contributed by atoms with Crippen LogP contribution in [-0.4, -0.2) is 15.2 Å². The summed E-state index contributed by atoms with van der Waals surface area (Å²) in [6.07, 6.45) is 1.44. The summed E-state index contributed by atoms with van der Waals surface area (Å²) in [5.41, 5.74) is 1.11. The Kier molecular flexibility index (Phi) is 4.55. The highest BCUT2D eigenvalue weighted by atomic mass is 35.5. The van der Waals surface area contributed by atoms with Gasteiger partial charge in [0.05, 0.1) is 21.9 Å². The molecule has 0 aliphatic heterocycles. The molecule has 0 fully saturated rings. The zero-order valence-corrected chi connectivity index (χ0v) is 13.1. The second-order valence-electron chi connectivity index (χ2n) is 4.53. The van der Waals surface area contributed by atoms with Crippen LogP contribution in [0.25, 0.3) is 0 Å². The van der Waals surface area contributed by atoms with Crippen LogP contribution in [0.3, 0.4) is 0 Å². The molecule has 0 amide bonds. The van der Waals surface area contributed by atoms with Crippen LogP contribution >= 0.6 is 23.2 Å². The Morgan fingerprint density at radius 2 is 1.83 bits per heavy atom. The molecule has 23 heavy (non-hydrogen) atoms. The Hall–Kier alpha value is -2.44. The van der Waals surface area contributed by atoms with Gasteiger partial charge in [0.2, 0.25) is 5.95 Å². The van der Waals surface area contributed by atoms with E-state index in [1.807, 2.05) is 0 Å². The van der Waals surface area contributed by atoms with Gasteiger partial charge in [-0.05, 0) is 30.3 Å². The largest absolute Gasteiger partial charge is 0.338 e. The molecule has 0 radical (unpaired) electrons. The summed E-state index contributed by atoms with van der Waals surface area (Å²) >= 11 is 12.1. The fourth-order valence-electron chi connectivity index (χ4n) is 1.85. The molecule has 2 aromatic carbocycles. The van der Waals surface area contributed by atoms with Gasteiger partial charge in [0, 0.05) is 5.69 Å². The second kappa shape index (κ2) is 6.76. The van der Waals surface area contributed by atoms with Crippen LogP contribution in [0.1, 0.15) is 0 Å². The van der Waals surface area contributed by atoms with Gasteiger partial charge in [0.1, 0.15) is 5.82 Å². The maximum Gasteiger partial charge on any atom is 0.249 e. The van der Waals surface area contributed by atoms with E-state index in [2.05, 4.69) is 25.8 Å². The molecule has 1 aromatic heterocycles. The SMILES string of the molecule is Fc1cccc(Nc2nncc(Nc3cccc(Cl)c3Cl)n2)c1. The second-order valence-corrected chi connectivity index (χ2v) is 5.31. The number of halogens is 3. The van der Waals surface area contributed by atoms with E-state index in [0.29, 0.717) is 27.2 Å². The van der Waals surface area contributed by atoms with Crippen LogP contribution in [0.5, 0.6) is 0 Å². The standard InChI is InChI=1S/C15H10Cl2FN5/c16-11-5-2-6-12(14(11)17)21-13-8-19-23-15(22-13)20-10-4-1-3-9(18)7-10/h1-8H,(H2,20,21,22,23). The molecule has 0 aliphatic carbocycles. The Labute approximate surface area is 141 Å². The molecule has 3 aromatic rings. The number of aromatic nitrogens is 3. The minimum atomic E-state index is -0.358. The van der Waals surface area contributed by atoms with E-state index >= 15 is 0 Å². The Morgan fingerprint density at radius 1 is 1.00 bits per heavy atom. The lowest BCUT2D eigenvalue weighted by Crippen LogP contribution is -2.02. The van der Waals surface area contributed by atoms with Crippen molar-refractivity contribution in [1.82, 2.24) is 15.2 Å². The van der Waals surface area contributed by atoms with E-state index in [-0.39, 0.29) is 11.8 Å². The molecule has 0 atom stereocenters. The lowest BCUT2D eigenvalue weighted by Gasteiger charge is -2.09. The van der Waals surface area contributed by atoms with E-state index in [1.54, 1.807) is 30.3 Å². The van der Waals surface area contributed by atoms with Gasteiger partial charge in [-0.25, -0.2) is 4.39 Å². The van der Waals surface area contributed by atoms with Crippen LogP contribution < -0.4 is 10.6 Å². The summed E-state index contributed by atoms with van der Waals surface area (Å²) in [6.45, 7) is 0. The number of rotatable bonds is 4. The maximum absolute atomic E-state index is 13.2. The molecule has 0 saturated carbocycles. The molecule has 8 heteroatoms. The van der Waals surface area contributed by atoms with Crippen molar-refractivity contribution >= 4 is 46.3 Å². The van der Waals surface area contributed by atoms with Crippen molar-refractivity contribution < 1.29 is 4.39 Å². The lowest BCUT2D eigenvalue weighted by molar-refractivity contribution is 0.628. The van der Waals surface area contributed by atoms with Crippen LogP contribution in [0.2, 0.25) is 10.0 Å². The molecule has 3 rings (SSSR count). The molecule has 116 valence electrons. The number of nitrogens with zero attached hydrogens (tertiary/aromatic N) is 3. The summed E-state index contributed by atoms with van der Waals surface area (Å²) in [4.78, 5) is 4.24. The molecule has 1 heterocycles. The number of benzene rings is 2. The van der Waals surface area contributed by atoms with Crippen molar-refractivity contribution in [3.63, 3.8) is 0 Å². The van der Waals surface area contributed by atoms with Gasteiger partial charge in [-0.15, -0.1) is 5.10 Å². The number of nitrogens with one attached hydrogen (secondary N) is 2. The molecule has 5 nitrogen and oxygen atoms in total. The molecule has 0 bridgehead atoms. The number of anilines is 4. The molecule has 0 unspecified atom stereocenters. The van der Waals surface area contributed by atoms with Crippen LogP contribution in [-0.2, 0) is 0 Å². The van der Waals surface area contributed by atoms with Crippen molar-refractivity contribution in [2.45, 2.75) is 0 Å². The van der Waals surface area contributed by atoms with Gasteiger partial charge in [-0.1, -0.05) is 35.3 Å². The first-order valence-corrected chi connectivity index (χ1v) is 7.31. The third-order valence-corrected chi connectivity index (χ3v) is 3.67. The zero-order valence-electron chi connectivity index (χ0n) is 11.6. The molecular formula is C15H10Cl2FN5. The van der Waals surface area contributed by atoms with E-state index < -0.39 is 0 Å². The average Bonchev–Trinajstić information content (AvgIpc) is 2.52. The molecule has 2 N–H and O–H groups in total. The number of hydrogen-bond acceptors (Lipinski definition) is 5. The van der Waals surface area contributed by atoms with Gasteiger partial charge >= 0.3 is 0 Å². The first kappa shape index (κ1) is 15.5. The lowest BCUT2D eigenvalue weighted by atomic mass is 10.3. The summed E-state index contributed by atoms with van der Waals surface area (Å²) in [7, 11) is 0. The van der Waals surface area contributed by atoms with Crippen LogP contribution in [0, 0.1) is 5.82 Å². The van der Waals surface area contributed by atoms with Gasteiger partial charge in [0.15, 0.2) is 5.82 Å². The van der Waals surface area contributed by atoms with Gasteiger partial charge in [0.25, 0.3) is 0 Å². The summed E-state index contributed by atoms with van der Waals surface area (Å²) in [5.74, 6) is 0.282. The summed E-state index contributed by atoms with van der Waals surface area (Å²) in [5, 5.41) is 14.4. The van der Waals surface area contributed by atoms with Crippen molar-refractivity contribution in [1.29, 1.82) is 0 Å². The molecular weight excluding hydrogens is 340 g/mol. The highest BCUT2D eigenvalue weighted by Crippen LogP contribution is 2.31. The highest BCUT2D eigenvalue weighted by Gasteiger charge is 2.07. The van der Waals surface area contributed by atoms with E-state index in [4.69, 9.17) is 23.2 Å². The van der Waals surface area contributed by atoms with Crippen molar-refractivity contribution in [3.05, 3.63) is 64.5 Å². The van der Waals surface area contributed by atoms with Gasteiger partial charge in [-0.3, -0.25) is 0 Å². The normalized spacial score (nSPS) is 10.4. The minimum absolute atomic E-state index is 0.221. The molecule has 0 spiro atoms. The highest BCUT2D eigenvalue weighted by molar-refractivity contribution is 6.43. The third kappa shape index (κ3) is 3.85. The van der Waals surface area contributed by atoms with E-state index in [0.717, 1.165) is 0 Å². The van der Waals surface area contributed by atoms with Crippen molar-refractivity contribution in [2.75, 3.05) is 10.6 Å². The van der Waals surface area contributed by atoms with Crippen molar-refractivity contribution in [2.24, 2.45) is 0 Å². The maximum atomic E-state index is 13.2. The van der Waals surface area contributed by atoms with E-state index in [9.17, 15) is 4.39 Å². The van der Waals surface area contributed by atoms with E-state index in [1.165, 1.54) is 18.3 Å². The average molecular weight is 350 g/mol.